The lowest BCUT2D eigenvalue weighted by molar-refractivity contribution is 0.575. The van der Waals surface area contributed by atoms with Crippen molar-refractivity contribution >= 4 is 0 Å². The van der Waals surface area contributed by atoms with Crippen molar-refractivity contribution in [1.82, 2.24) is 4.90 Å². The predicted octanol–water partition coefficient (Wildman–Crippen LogP) is 6.62. The van der Waals surface area contributed by atoms with Gasteiger partial charge in [0.25, 0.3) is 0 Å². The van der Waals surface area contributed by atoms with Gasteiger partial charge in [0.2, 0.25) is 0 Å². The molecule has 0 aliphatic carbocycles. The summed E-state index contributed by atoms with van der Waals surface area (Å²) in [5.41, 5.74) is 3.22. The van der Waals surface area contributed by atoms with Crippen LogP contribution in [0.1, 0.15) is 27.7 Å². The Morgan fingerprint density at radius 3 is 1.52 bits per heavy atom. The van der Waals surface area contributed by atoms with E-state index in [0.29, 0.717) is 0 Å². The number of nitrogens with zero attached hydrogens (tertiary/aromatic N) is 1. The first-order valence-corrected chi connectivity index (χ1v) is 7.86. The van der Waals surface area contributed by atoms with E-state index in [1.54, 1.807) is 12.2 Å². The van der Waals surface area contributed by atoms with Gasteiger partial charge in [-0.15, -0.1) is 0 Å². The largest absolute Gasteiger partial charge is 0.311 e. The minimum atomic E-state index is 1.07. The van der Waals surface area contributed by atoms with Gasteiger partial charge >= 0.3 is 0 Å². The molecule has 0 N–H and O–H groups in total. The summed E-state index contributed by atoms with van der Waals surface area (Å²) in [5, 5.41) is 0. The van der Waals surface area contributed by atoms with E-state index in [2.05, 4.69) is 42.4 Å². The second-order valence-electron chi connectivity index (χ2n) is 4.57. The minimum absolute atomic E-state index is 1.07. The zero-order valence-electron chi connectivity index (χ0n) is 14.9. The van der Waals surface area contributed by atoms with Crippen LogP contribution in [0, 0.1) is 0 Å². The van der Waals surface area contributed by atoms with Gasteiger partial charge in [-0.05, 0) is 52.0 Å². The van der Waals surface area contributed by atoms with Gasteiger partial charge in [0.05, 0.1) is 0 Å². The van der Waals surface area contributed by atoms with Crippen molar-refractivity contribution in [3.05, 3.63) is 109 Å². The maximum atomic E-state index is 3.76. The topological polar surface area (TPSA) is 3.24 Å². The molecular weight excluding hydrogens is 278 g/mol. The number of rotatable bonds is 9. The van der Waals surface area contributed by atoms with Crippen LogP contribution in [0.5, 0.6) is 0 Å². The van der Waals surface area contributed by atoms with Crippen LogP contribution in [0.15, 0.2) is 109 Å². The second kappa shape index (κ2) is 13.1. The van der Waals surface area contributed by atoms with E-state index in [1.165, 1.54) is 0 Å². The lowest BCUT2D eigenvalue weighted by Crippen LogP contribution is -2.19. The Kier molecular flexibility index (Phi) is 11.7. The van der Waals surface area contributed by atoms with E-state index in [9.17, 15) is 0 Å². The normalized spacial score (nSPS) is 14.5. The molecule has 0 spiro atoms. The van der Waals surface area contributed by atoms with Gasteiger partial charge in [0.15, 0.2) is 0 Å². The maximum absolute atomic E-state index is 3.76. The van der Waals surface area contributed by atoms with Crippen LogP contribution in [0.3, 0.4) is 0 Å². The SMILES string of the molecule is C=C/C=C\C(=C/C)N(C(/C=C\C=C)=C/C)C(/C=C\C)=C/C=C\C. The van der Waals surface area contributed by atoms with E-state index in [0.717, 1.165) is 17.1 Å². The molecule has 0 radical (unpaired) electrons. The van der Waals surface area contributed by atoms with Gasteiger partial charge in [-0.2, -0.15) is 0 Å². The van der Waals surface area contributed by atoms with Crippen LogP contribution >= 0.6 is 0 Å². The number of hydrogen-bond acceptors (Lipinski definition) is 1. The molecule has 0 saturated carbocycles. The third kappa shape index (κ3) is 7.32. The fourth-order valence-electron chi connectivity index (χ4n) is 1.95. The second-order valence-corrected chi connectivity index (χ2v) is 4.57. The van der Waals surface area contributed by atoms with Crippen molar-refractivity contribution in [2.24, 2.45) is 0 Å². The summed E-state index contributed by atoms with van der Waals surface area (Å²) >= 11 is 0. The summed E-state index contributed by atoms with van der Waals surface area (Å²) in [7, 11) is 0. The number of allylic oxidation sites excluding steroid dienone is 13. The molecule has 0 unspecified atom stereocenters. The zero-order chi connectivity index (χ0) is 17.5. The van der Waals surface area contributed by atoms with Crippen molar-refractivity contribution in [2.45, 2.75) is 27.7 Å². The third-order valence-corrected chi connectivity index (χ3v) is 2.97. The first kappa shape index (κ1) is 20.5. The van der Waals surface area contributed by atoms with Gasteiger partial charge < -0.3 is 4.90 Å². The van der Waals surface area contributed by atoms with Crippen molar-refractivity contribution < 1.29 is 0 Å². The van der Waals surface area contributed by atoms with Gasteiger partial charge in [0, 0.05) is 17.1 Å². The molecular formula is C22H29N. The summed E-state index contributed by atoms with van der Waals surface area (Å²) in [5.74, 6) is 0. The summed E-state index contributed by atoms with van der Waals surface area (Å²) in [6.07, 6.45) is 26.0. The average Bonchev–Trinajstić information content (AvgIpc) is 2.57. The Morgan fingerprint density at radius 1 is 0.652 bits per heavy atom. The van der Waals surface area contributed by atoms with E-state index < -0.39 is 0 Å². The average molecular weight is 307 g/mol. The molecule has 0 fully saturated rings. The summed E-state index contributed by atoms with van der Waals surface area (Å²) in [4.78, 5) is 2.19. The smallest absolute Gasteiger partial charge is 0.0457 e. The molecule has 0 heterocycles. The van der Waals surface area contributed by atoms with Crippen LogP contribution in [-0.2, 0) is 0 Å². The molecule has 0 amide bonds. The molecule has 122 valence electrons. The molecule has 0 bridgehead atoms. The summed E-state index contributed by atoms with van der Waals surface area (Å²) < 4.78 is 0. The molecule has 0 aliphatic rings. The first-order valence-electron chi connectivity index (χ1n) is 7.86. The summed E-state index contributed by atoms with van der Waals surface area (Å²) in [6, 6.07) is 0. The van der Waals surface area contributed by atoms with Crippen molar-refractivity contribution in [2.75, 3.05) is 0 Å². The molecule has 0 aliphatic heterocycles. The quantitative estimate of drug-likeness (QED) is 0.433. The Bertz CT molecular complexity index is 541. The van der Waals surface area contributed by atoms with Crippen molar-refractivity contribution in [1.29, 1.82) is 0 Å². The standard InChI is InChI=1S/C22H29N/c1-7-13-17-20(11-5)23(21(12-6)18-14-8-2)22(16-10-4)19-15-9-3/h7-19H,1-2H2,3-6H3/b15-9-,16-10-,17-13-,18-14-,20-11+,21-12+,22-19+. The van der Waals surface area contributed by atoms with E-state index >= 15 is 0 Å². The van der Waals surface area contributed by atoms with E-state index in [4.69, 9.17) is 0 Å². The predicted molar refractivity (Wildman–Crippen MR) is 106 cm³/mol. The number of hydrogen-bond donors (Lipinski definition) is 0. The molecule has 0 saturated heterocycles. The van der Waals surface area contributed by atoms with Crippen LogP contribution in [0.4, 0.5) is 0 Å². The lowest BCUT2D eigenvalue weighted by atomic mass is 10.2. The summed E-state index contributed by atoms with van der Waals surface area (Å²) in [6.45, 7) is 15.6. The fraction of sp³-hybridized carbons (Fsp3) is 0.182. The zero-order valence-corrected chi connectivity index (χ0v) is 14.9. The minimum Gasteiger partial charge on any atom is -0.311 e. The Hall–Kier alpha value is -2.54. The Balaban J connectivity index is 6.24. The Morgan fingerprint density at radius 2 is 1.17 bits per heavy atom. The molecule has 1 heteroatoms. The van der Waals surface area contributed by atoms with Crippen LogP contribution < -0.4 is 0 Å². The van der Waals surface area contributed by atoms with Crippen LogP contribution in [-0.4, -0.2) is 4.90 Å². The molecule has 1 nitrogen and oxygen atoms in total. The van der Waals surface area contributed by atoms with E-state index in [-0.39, 0.29) is 0 Å². The Labute approximate surface area is 142 Å². The fourth-order valence-corrected chi connectivity index (χ4v) is 1.95. The van der Waals surface area contributed by atoms with Gasteiger partial charge in [0.1, 0.15) is 0 Å². The molecule has 0 aromatic heterocycles. The molecule has 0 rings (SSSR count). The molecule has 0 aromatic rings. The van der Waals surface area contributed by atoms with Gasteiger partial charge in [-0.3, -0.25) is 0 Å². The highest BCUT2D eigenvalue weighted by atomic mass is 15.2. The van der Waals surface area contributed by atoms with Crippen LogP contribution in [0.2, 0.25) is 0 Å². The van der Waals surface area contributed by atoms with Gasteiger partial charge in [-0.25, -0.2) is 0 Å². The van der Waals surface area contributed by atoms with Crippen molar-refractivity contribution in [3.63, 3.8) is 0 Å². The molecule has 0 aromatic carbocycles. The monoisotopic (exact) mass is 307 g/mol. The van der Waals surface area contributed by atoms with E-state index in [1.807, 2.05) is 70.2 Å². The highest BCUT2D eigenvalue weighted by Crippen LogP contribution is 2.24. The van der Waals surface area contributed by atoms with Crippen molar-refractivity contribution in [3.8, 4) is 0 Å². The molecule has 23 heavy (non-hydrogen) atoms. The highest BCUT2D eigenvalue weighted by Gasteiger charge is 2.12. The highest BCUT2D eigenvalue weighted by molar-refractivity contribution is 5.40. The first-order chi connectivity index (χ1) is 11.2. The van der Waals surface area contributed by atoms with Gasteiger partial charge in [-0.1, -0.05) is 67.8 Å². The lowest BCUT2D eigenvalue weighted by Gasteiger charge is -2.28. The van der Waals surface area contributed by atoms with Crippen LogP contribution in [0.25, 0.3) is 0 Å². The molecule has 0 atom stereocenters. The third-order valence-electron chi connectivity index (χ3n) is 2.97. The maximum Gasteiger partial charge on any atom is 0.0457 e.